The molecule has 2 atom stereocenters. The van der Waals surface area contributed by atoms with Crippen molar-refractivity contribution in [2.75, 3.05) is 11.9 Å². The van der Waals surface area contributed by atoms with Gasteiger partial charge in [0.15, 0.2) is 0 Å². The van der Waals surface area contributed by atoms with E-state index in [1.165, 1.54) is 35.6 Å². The van der Waals surface area contributed by atoms with Gasteiger partial charge in [-0.1, -0.05) is 25.8 Å². The normalized spacial score (nSPS) is 20.4. The molecule has 8 heteroatoms. The predicted octanol–water partition coefficient (Wildman–Crippen LogP) is 4.42. The van der Waals surface area contributed by atoms with Crippen LogP contribution >= 0.6 is 0 Å². The Hall–Kier alpha value is -2.35. The van der Waals surface area contributed by atoms with E-state index in [4.69, 9.17) is 4.74 Å². The second-order valence-electron chi connectivity index (χ2n) is 6.88. The molecule has 27 heavy (non-hydrogen) atoms. The molecule has 2 unspecified atom stereocenters. The minimum absolute atomic E-state index is 0.0518. The average Bonchev–Trinajstić information content (AvgIpc) is 3.09. The number of aromatic nitrogens is 2. The van der Waals surface area contributed by atoms with Crippen LogP contribution in [0, 0.1) is 5.92 Å². The van der Waals surface area contributed by atoms with Crippen LogP contribution in [0.5, 0.6) is 0 Å². The predicted molar refractivity (Wildman–Crippen MR) is 94.6 cm³/mol. The van der Waals surface area contributed by atoms with E-state index in [0.29, 0.717) is 11.6 Å². The summed E-state index contributed by atoms with van der Waals surface area (Å²) in [6.45, 7) is 2.07. The number of carbonyl (C=O) groups is 1. The summed E-state index contributed by atoms with van der Waals surface area (Å²) < 4.78 is 45.5. The molecule has 1 heterocycles. The van der Waals surface area contributed by atoms with Crippen LogP contribution in [0.4, 0.5) is 18.9 Å². The molecule has 1 N–H and O–H groups in total. The van der Waals surface area contributed by atoms with Gasteiger partial charge in [0.2, 0.25) is 5.91 Å². The molecule has 0 spiro atoms. The van der Waals surface area contributed by atoms with E-state index in [0.717, 1.165) is 31.4 Å². The van der Waals surface area contributed by atoms with Crippen molar-refractivity contribution in [1.82, 2.24) is 9.78 Å². The molecular formula is C19H22F3N3O2. The molecule has 0 radical (unpaired) electrons. The van der Waals surface area contributed by atoms with Crippen LogP contribution in [-0.4, -0.2) is 28.4 Å². The second-order valence-corrected chi connectivity index (χ2v) is 6.88. The van der Waals surface area contributed by atoms with Crippen LogP contribution in [0.1, 0.15) is 38.2 Å². The summed E-state index contributed by atoms with van der Waals surface area (Å²) in [5, 5.41) is 6.68. The highest BCUT2D eigenvalue weighted by Gasteiger charge is 2.30. The third-order valence-corrected chi connectivity index (χ3v) is 4.77. The summed E-state index contributed by atoms with van der Waals surface area (Å²) in [5.74, 6) is 0.131. The topological polar surface area (TPSA) is 56.1 Å². The number of rotatable bonds is 5. The Morgan fingerprint density at radius 3 is 2.85 bits per heavy atom. The molecule has 0 aliphatic heterocycles. The van der Waals surface area contributed by atoms with Crippen molar-refractivity contribution in [1.29, 1.82) is 0 Å². The highest BCUT2D eigenvalue weighted by atomic mass is 19.4. The fraction of sp³-hybridized carbons (Fsp3) is 0.474. The van der Waals surface area contributed by atoms with Crippen LogP contribution in [0.2, 0.25) is 0 Å². The van der Waals surface area contributed by atoms with Crippen molar-refractivity contribution in [2.24, 2.45) is 5.92 Å². The molecule has 1 saturated carbocycles. The number of nitrogens with one attached hydrogen (secondary N) is 1. The van der Waals surface area contributed by atoms with Crippen LogP contribution < -0.4 is 5.32 Å². The molecule has 5 nitrogen and oxygen atoms in total. The minimum atomic E-state index is -4.42. The number of benzene rings is 1. The molecule has 1 aromatic carbocycles. The van der Waals surface area contributed by atoms with Gasteiger partial charge in [-0.3, -0.25) is 4.79 Å². The number of halogens is 3. The van der Waals surface area contributed by atoms with E-state index in [1.54, 1.807) is 0 Å². The standard InChI is InChI=1S/C19H22F3N3O2/c1-13-5-2-3-8-17(13)27-12-18(26)24-15-10-23-25(11-15)16-7-4-6-14(9-16)19(20,21)22/h4,6-7,9-11,13,17H,2-3,5,8,12H2,1H3,(H,24,26). The molecule has 0 saturated heterocycles. The Labute approximate surface area is 155 Å². The van der Waals surface area contributed by atoms with Gasteiger partial charge in [-0.05, 0) is 37.0 Å². The summed E-state index contributed by atoms with van der Waals surface area (Å²) in [6, 6.07) is 4.84. The lowest BCUT2D eigenvalue weighted by molar-refractivity contribution is -0.137. The van der Waals surface area contributed by atoms with E-state index in [9.17, 15) is 18.0 Å². The first-order valence-electron chi connectivity index (χ1n) is 8.96. The quantitative estimate of drug-likeness (QED) is 0.834. The molecule has 3 rings (SSSR count). The lowest BCUT2D eigenvalue weighted by Gasteiger charge is -2.28. The first kappa shape index (κ1) is 19.4. The van der Waals surface area contributed by atoms with Crippen LogP contribution in [-0.2, 0) is 15.7 Å². The zero-order valence-corrected chi connectivity index (χ0v) is 15.0. The number of hydrogen-bond donors (Lipinski definition) is 1. The number of anilines is 1. The number of amides is 1. The van der Waals surface area contributed by atoms with Crippen molar-refractivity contribution in [3.05, 3.63) is 42.2 Å². The first-order valence-corrected chi connectivity index (χ1v) is 8.96. The number of hydrogen-bond acceptors (Lipinski definition) is 3. The average molecular weight is 381 g/mol. The minimum Gasteiger partial charge on any atom is -0.368 e. The van der Waals surface area contributed by atoms with E-state index < -0.39 is 11.7 Å². The van der Waals surface area contributed by atoms with Crippen LogP contribution in [0.15, 0.2) is 36.7 Å². The fourth-order valence-electron chi connectivity index (χ4n) is 3.26. The molecule has 1 aliphatic rings. The summed E-state index contributed by atoms with van der Waals surface area (Å²) in [5.41, 5.74) is -0.0913. The van der Waals surface area contributed by atoms with Crippen molar-refractivity contribution >= 4 is 11.6 Å². The van der Waals surface area contributed by atoms with Crippen molar-refractivity contribution < 1.29 is 22.7 Å². The van der Waals surface area contributed by atoms with Gasteiger partial charge in [-0.15, -0.1) is 0 Å². The monoisotopic (exact) mass is 381 g/mol. The molecule has 1 aromatic heterocycles. The van der Waals surface area contributed by atoms with Gasteiger partial charge in [0.1, 0.15) is 6.61 Å². The molecule has 2 aromatic rings. The van der Waals surface area contributed by atoms with Gasteiger partial charge in [0.25, 0.3) is 0 Å². The Balaban J connectivity index is 1.58. The molecule has 1 fully saturated rings. The Bertz CT molecular complexity index is 789. The summed E-state index contributed by atoms with van der Waals surface area (Å²) in [7, 11) is 0. The maximum Gasteiger partial charge on any atom is 0.416 e. The van der Waals surface area contributed by atoms with Crippen molar-refractivity contribution in [3.8, 4) is 5.69 Å². The van der Waals surface area contributed by atoms with E-state index >= 15 is 0 Å². The lowest BCUT2D eigenvalue weighted by Crippen LogP contribution is -2.29. The van der Waals surface area contributed by atoms with Crippen molar-refractivity contribution in [2.45, 2.75) is 44.9 Å². The third kappa shape index (κ3) is 5.09. The fourth-order valence-corrected chi connectivity index (χ4v) is 3.26. The SMILES string of the molecule is CC1CCCCC1OCC(=O)Nc1cnn(-c2cccc(C(F)(F)F)c2)c1. The summed E-state index contributed by atoms with van der Waals surface area (Å²) >= 11 is 0. The molecular weight excluding hydrogens is 359 g/mol. The number of ether oxygens (including phenoxy) is 1. The van der Waals surface area contributed by atoms with E-state index in [1.807, 2.05) is 0 Å². The summed E-state index contributed by atoms with van der Waals surface area (Å²) in [4.78, 5) is 12.1. The maximum absolute atomic E-state index is 12.8. The van der Waals surface area contributed by atoms with Gasteiger partial charge in [0, 0.05) is 0 Å². The zero-order chi connectivity index (χ0) is 19.4. The number of carbonyl (C=O) groups excluding carboxylic acids is 1. The number of nitrogens with zero attached hydrogens (tertiary/aromatic N) is 2. The van der Waals surface area contributed by atoms with E-state index in [-0.39, 0.29) is 24.3 Å². The van der Waals surface area contributed by atoms with Gasteiger partial charge in [-0.2, -0.15) is 18.3 Å². The Kier molecular flexibility index (Phi) is 5.84. The second kappa shape index (κ2) is 8.12. The van der Waals surface area contributed by atoms with Crippen molar-refractivity contribution in [3.63, 3.8) is 0 Å². The van der Waals surface area contributed by atoms with Crippen LogP contribution in [0.25, 0.3) is 5.69 Å². The Morgan fingerprint density at radius 2 is 2.11 bits per heavy atom. The van der Waals surface area contributed by atoms with Gasteiger partial charge in [-0.25, -0.2) is 4.68 Å². The maximum atomic E-state index is 12.8. The molecule has 146 valence electrons. The van der Waals surface area contributed by atoms with E-state index in [2.05, 4.69) is 17.3 Å². The molecule has 1 amide bonds. The summed E-state index contributed by atoms with van der Waals surface area (Å²) in [6.07, 6.45) is 2.91. The zero-order valence-electron chi connectivity index (χ0n) is 15.0. The highest BCUT2D eigenvalue weighted by molar-refractivity contribution is 5.91. The Morgan fingerprint density at radius 1 is 1.33 bits per heavy atom. The lowest BCUT2D eigenvalue weighted by atomic mass is 9.88. The molecule has 1 aliphatic carbocycles. The van der Waals surface area contributed by atoms with Gasteiger partial charge >= 0.3 is 6.18 Å². The van der Waals surface area contributed by atoms with Gasteiger partial charge in [0.05, 0.1) is 35.4 Å². The largest absolute Gasteiger partial charge is 0.416 e. The third-order valence-electron chi connectivity index (χ3n) is 4.77. The highest BCUT2D eigenvalue weighted by Crippen LogP contribution is 2.30. The number of alkyl halides is 3. The molecule has 0 bridgehead atoms. The smallest absolute Gasteiger partial charge is 0.368 e. The van der Waals surface area contributed by atoms with Crippen LogP contribution in [0.3, 0.4) is 0 Å². The van der Waals surface area contributed by atoms with Gasteiger partial charge < -0.3 is 10.1 Å². The first-order chi connectivity index (χ1) is 12.8.